The number of fused-ring (bicyclic) bond motifs is 3. The van der Waals surface area contributed by atoms with E-state index >= 15 is 0 Å². The first-order valence-electron chi connectivity index (χ1n) is 12.8. The molecular weight excluding hydrogens is 454 g/mol. The molecule has 1 aromatic heterocycles. The molecule has 190 valence electrons. The van der Waals surface area contributed by atoms with Crippen molar-refractivity contribution in [1.82, 2.24) is 14.8 Å². The van der Waals surface area contributed by atoms with Crippen LogP contribution in [0, 0.1) is 5.92 Å². The average Bonchev–Trinajstić information content (AvgIpc) is 3.27. The van der Waals surface area contributed by atoms with Gasteiger partial charge in [0.05, 0.1) is 26.3 Å². The molecule has 0 radical (unpaired) electrons. The van der Waals surface area contributed by atoms with Gasteiger partial charge >= 0.3 is 0 Å². The lowest BCUT2D eigenvalue weighted by atomic mass is 9.85. The Kier molecular flexibility index (Phi) is 6.41. The molecule has 1 fully saturated rings. The molecular formula is C29H35N3O4. The molecule has 0 spiro atoms. The molecule has 0 unspecified atom stereocenters. The minimum Gasteiger partial charge on any atom is -0.496 e. The number of ether oxygens (including phenoxy) is 2. The van der Waals surface area contributed by atoms with Gasteiger partial charge in [-0.15, -0.1) is 0 Å². The smallest absolute Gasteiger partial charge is 0.271 e. The van der Waals surface area contributed by atoms with E-state index < -0.39 is 5.54 Å². The summed E-state index contributed by atoms with van der Waals surface area (Å²) in [4.78, 5) is 29.9. The molecule has 0 bridgehead atoms. The van der Waals surface area contributed by atoms with E-state index in [-0.39, 0.29) is 17.9 Å². The van der Waals surface area contributed by atoms with Crippen LogP contribution in [-0.2, 0) is 17.9 Å². The van der Waals surface area contributed by atoms with Crippen LogP contribution < -0.4 is 14.8 Å². The maximum atomic E-state index is 14.1. The van der Waals surface area contributed by atoms with Gasteiger partial charge in [0.2, 0.25) is 5.91 Å². The number of benzene rings is 2. The first kappa shape index (κ1) is 24.2. The molecule has 1 aliphatic heterocycles. The summed E-state index contributed by atoms with van der Waals surface area (Å²) in [5, 5.41) is 4.13. The predicted octanol–water partition coefficient (Wildman–Crippen LogP) is 4.77. The normalized spacial score (nSPS) is 23.9. The van der Waals surface area contributed by atoms with Crippen LogP contribution in [0.2, 0.25) is 0 Å². The first-order chi connectivity index (χ1) is 17.4. The SMILES string of the molecule is COc1ccc(OC)c2c1cc1n2C[C@](C)(C(=O)N[C@H]2CCCC[C@H]2C)N(Cc2ccccc2)C1=O. The molecule has 3 atom stereocenters. The van der Waals surface area contributed by atoms with Crippen molar-refractivity contribution in [3.8, 4) is 11.5 Å². The Labute approximate surface area is 212 Å². The summed E-state index contributed by atoms with van der Waals surface area (Å²) in [6.45, 7) is 4.76. The van der Waals surface area contributed by atoms with Crippen molar-refractivity contribution in [3.63, 3.8) is 0 Å². The van der Waals surface area contributed by atoms with Crippen molar-refractivity contribution in [2.75, 3.05) is 14.2 Å². The van der Waals surface area contributed by atoms with Crippen molar-refractivity contribution < 1.29 is 19.1 Å². The standard InChI is InChI=1S/C29H35N3O4/c1-19-10-8-9-13-22(19)30-28(34)29(2)18-31-23(27(33)32(29)17-20-11-6-5-7-12-20)16-21-24(35-3)14-15-25(36-4)26(21)31/h5-7,11-12,14-16,19,22H,8-10,13,17-18H2,1-4H3,(H,30,34)/t19-,22+,29-/m1/s1. The number of nitrogens with one attached hydrogen (secondary N) is 1. The Balaban J connectivity index is 1.62. The van der Waals surface area contributed by atoms with Crippen molar-refractivity contribution in [2.24, 2.45) is 5.92 Å². The molecule has 0 saturated heterocycles. The third-order valence-corrected chi connectivity index (χ3v) is 8.05. The van der Waals surface area contributed by atoms with Crippen LogP contribution in [0.4, 0.5) is 0 Å². The van der Waals surface area contributed by atoms with Gasteiger partial charge in [0.15, 0.2) is 0 Å². The third kappa shape index (κ3) is 4.00. The van der Waals surface area contributed by atoms with Gasteiger partial charge in [-0.1, -0.05) is 50.1 Å². The van der Waals surface area contributed by atoms with E-state index in [1.807, 2.05) is 60.0 Å². The molecule has 1 aliphatic carbocycles. The fourth-order valence-electron chi connectivity index (χ4n) is 5.82. The molecule has 7 heteroatoms. The number of rotatable bonds is 6. The summed E-state index contributed by atoms with van der Waals surface area (Å²) in [6.07, 6.45) is 4.39. The highest BCUT2D eigenvalue weighted by atomic mass is 16.5. The van der Waals surface area contributed by atoms with Crippen molar-refractivity contribution >= 4 is 22.7 Å². The largest absolute Gasteiger partial charge is 0.496 e. The lowest BCUT2D eigenvalue weighted by molar-refractivity contribution is -0.134. The van der Waals surface area contributed by atoms with Crippen molar-refractivity contribution in [1.29, 1.82) is 0 Å². The second kappa shape index (κ2) is 9.52. The average molecular weight is 490 g/mol. The highest BCUT2D eigenvalue weighted by molar-refractivity contribution is 6.05. The fourth-order valence-corrected chi connectivity index (χ4v) is 5.82. The van der Waals surface area contributed by atoms with Gasteiger partial charge in [0.25, 0.3) is 5.91 Å². The van der Waals surface area contributed by atoms with E-state index in [2.05, 4.69) is 12.2 Å². The summed E-state index contributed by atoms with van der Waals surface area (Å²) >= 11 is 0. The monoisotopic (exact) mass is 489 g/mol. The maximum Gasteiger partial charge on any atom is 0.271 e. The van der Waals surface area contributed by atoms with Crippen LogP contribution in [0.15, 0.2) is 48.5 Å². The van der Waals surface area contributed by atoms with E-state index in [1.54, 1.807) is 19.1 Å². The predicted molar refractivity (Wildman–Crippen MR) is 139 cm³/mol. The number of hydrogen-bond donors (Lipinski definition) is 1. The van der Waals surface area contributed by atoms with E-state index in [9.17, 15) is 9.59 Å². The van der Waals surface area contributed by atoms with Gasteiger partial charge in [0, 0.05) is 18.0 Å². The van der Waals surface area contributed by atoms with Crippen LogP contribution in [0.1, 0.15) is 55.6 Å². The van der Waals surface area contributed by atoms with Crippen molar-refractivity contribution in [2.45, 2.75) is 64.2 Å². The van der Waals surface area contributed by atoms with Gasteiger partial charge in [-0.3, -0.25) is 9.59 Å². The Morgan fingerprint density at radius 1 is 1.06 bits per heavy atom. The lowest BCUT2D eigenvalue weighted by Gasteiger charge is -2.45. The first-order valence-corrected chi connectivity index (χ1v) is 12.8. The van der Waals surface area contributed by atoms with Crippen LogP contribution in [-0.4, -0.2) is 47.1 Å². The molecule has 2 aliphatic rings. The van der Waals surface area contributed by atoms with Crippen molar-refractivity contribution in [3.05, 3.63) is 59.8 Å². The molecule has 2 amide bonds. The topological polar surface area (TPSA) is 72.8 Å². The van der Waals surface area contributed by atoms with Gasteiger partial charge in [-0.05, 0) is 49.4 Å². The summed E-state index contributed by atoms with van der Waals surface area (Å²) in [7, 11) is 3.23. The summed E-state index contributed by atoms with van der Waals surface area (Å²) in [5.74, 6) is 1.43. The Hall–Kier alpha value is -3.48. The minimum absolute atomic E-state index is 0.111. The third-order valence-electron chi connectivity index (χ3n) is 8.05. The Morgan fingerprint density at radius 2 is 1.75 bits per heavy atom. The number of nitrogens with zero attached hydrogens (tertiary/aromatic N) is 2. The fraction of sp³-hybridized carbons (Fsp3) is 0.448. The molecule has 1 saturated carbocycles. The number of carbonyl (C=O) groups excluding carboxylic acids is 2. The quantitative estimate of drug-likeness (QED) is 0.542. The molecule has 3 aromatic rings. The van der Waals surface area contributed by atoms with E-state index in [0.717, 1.165) is 35.7 Å². The Bertz CT molecular complexity index is 1280. The number of amides is 2. The van der Waals surface area contributed by atoms with Gasteiger partial charge in [-0.25, -0.2) is 0 Å². The summed E-state index contributed by atoms with van der Waals surface area (Å²) < 4.78 is 13.2. The van der Waals surface area contributed by atoms with E-state index in [1.165, 1.54) is 6.42 Å². The number of methoxy groups -OCH3 is 2. The maximum absolute atomic E-state index is 14.1. The molecule has 2 heterocycles. The summed E-state index contributed by atoms with van der Waals surface area (Å²) in [6, 6.07) is 15.5. The second-order valence-electron chi connectivity index (χ2n) is 10.3. The molecule has 7 nitrogen and oxygen atoms in total. The highest BCUT2D eigenvalue weighted by Gasteiger charge is 2.48. The van der Waals surface area contributed by atoms with Crippen LogP contribution in [0.25, 0.3) is 10.9 Å². The van der Waals surface area contributed by atoms with Crippen LogP contribution in [0.5, 0.6) is 11.5 Å². The van der Waals surface area contributed by atoms with Crippen LogP contribution >= 0.6 is 0 Å². The van der Waals surface area contributed by atoms with Gasteiger partial charge in [-0.2, -0.15) is 0 Å². The van der Waals surface area contributed by atoms with E-state index in [0.29, 0.717) is 36.2 Å². The zero-order valence-electron chi connectivity index (χ0n) is 21.5. The van der Waals surface area contributed by atoms with E-state index in [4.69, 9.17) is 9.47 Å². The molecule has 1 N–H and O–H groups in total. The highest BCUT2D eigenvalue weighted by Crippen LogP contribution is 2.40. The number of carbonyl (C=O) groups is 2. The lowest BCUT2D eigenvalue weighted by Crippen LogP contribution is -2.65. The van der Waals surface area contributed by atoms with Gasteiger partial charge in [0.1, 0.15) is 22.7 Å². The Morgan fingerprint density at radius 3 is 2.44 bits per heavy atom. The minimum atomic E-state index is -1.09. The number of hydrogen-bond acceptors (Lipinski definition) is 4. The second-order valence-corrected chi connectivity index (χ2v) is 10.3. The molecule has 2 aromatic carbocycles. The summed E-state index contributed by atoms with van der Waals surface area (Å²) in [5.41, 5.74) is 1.19. The molecule has 5 rings (SSSR count). The number of aromatic nitrogens is 1. The molecule has 36 heavy (non-hydrogen) atoms. The zero-order chi connectivity index (χ0) is 25.4. The van der Waals surface area contributed by atoms with Gasteiger partial charge < -0.3 is 24.3 Å². The van der Waals surface area contributed by atoms with Crippen LogP contribution in [0.3, 0.4) is 0 Å². The zero-order valence-corrected chi connectivity index (χ0v) is 21.5.